The van der Waals surface area contributed by atoms with Crippen molar-refractivity contribution in [3.63, 3.8) is 0 Å². The lowest BCUT2D eigenvalue weighted by molar-refractivity contribution is -0.147. The van der Waals surface area contributed by atoms with Gasteiger partial charge in [0.05, 0.1) is 0 Å². The van der Waals surface area contributed by atoms with Gasteiger partial charge in [-0.1, -0.05) is 12.1 Å². The Morgan fingerprint density at radius 2 is 2.06 bits per heavy atom. The quantitative estimate of drug-likeness (QED) is 0.819. The lowest BCUT2D eigenvalue weighted by Gasteiger charge is -2.08. The average molecular weight is 334 g/mol. The van der Waals surface area contributed by atoms with Crippen LogP contribution in [0.2, 0.25) is 0 Å². The van der Waals surface area contributed by atoms with E-state index in [0.717, 1.165) is 9.13 Å². The lowest BCUT2D eigenvalue weighted by atomic mass is 10.0. The molecule has 0 radical (unpaired) electrons. The van der Waals surface area contributed by atoms with Crippen molar-refractivity contribution in [2.24, 2.45) is 0 Å². The number of hydrogen-bond donors (Lipinski definition) is 2. The largest absolute Gasteiger partial charge is 0.479 e. The molecule has 5 heteroatoms. The molecule has 1 aromatic rings. The highest BCUT2D eigenvalue weighted by molar-refractivity contribution is 14.1. The summed E-state index contributed by atoms with van der Waals surface area (Å²) < 4.78 is 0.783. The van der Waals surface area contributed by atoms with Crippen LogP contribution in [0.4, 0.5) is 0 Å². The molecule has 0 heterocycles. The molecule has 1 unspecified atom stereocenters. The topological polar surface area (TPSA) is 74.6 Å². The van der Waals surface area contributed by atoms with E-state index in [9.17, 15) is 14.7 Å². The smallest absolute Gasteiger partial charge is 0.337 e. The molecule has 1 aromatic carbocycles. The molecule has 0 aliphatic carbocycles. The van der Waals surface area contributed by atoms with Gasteiger partial charge in [-0.25, -0.2) is 4.79 Å². The third-order valence-electron chi connectivity index (χ3n) is 2.07. The summed E-state index contributed by atoms with van der Waals surface area (Å²) in [6.45, 7) is 1.50. The standard InChI is InChI=1S/C11H11IO4/c1-6(13)4-7-2-3-8(5-9(7)12)10(14)11(15)16/h2-3,5,10,14H,4H2,1H3,(H,15,16). The number of halogens is 1. The summed E-state index contributed by atoms with van der Waals surface area (Å²) in [4.78, 5) is 21.5. The van der Waals surface area contributed by atoms with Gasteiger partial charge in [0.15, 0.2) is 6.10 Å². The average Bonchev–Trinajstić information content (AvgIpc) is 2.19. The first-order valence-corrected chi connectivity index (χ1v) is 5.68. The van der Waals surface area contributed by atoms with Gasteiger partial charge in [0.2, 0.25) is 0 Å². The van der Waals surface area contributed by atoms with Crippen LogP contribution in [-0.4, -0.2) is 22.0 Å². The Morgan fingerprint density at radius 3 is 2.50 bits per heavy atom. The zero-order chi connectivity index (χ0) is 12.3. The molecule has 2 N–H and O–H groups in total. The summed E-state index contributed by atoms with van der Waals surface area (Å²) in [5, 5.41) is 18.0. The van der Waals surface area contributed by atoms with E-state index in [1.807, 2.05) is 22.6 Å². The van der Waals surface area contributed by atoms with Gasteiger partial charge >= 0.3 is 5.97 Å². The van der Waals surface area contributed by atoms with Gasteiger partial charge in [0.25, 0.3) is 0 Å². The third-order valence-corrected chi connectivity index (χ3v) is 3.07. The van der Waals surface area contributed by atoms with Crippen LogP contribution in [0.5, 0.6) is 0 Å². The van der Waals surface area contributed by atoms with Gasteiger partial charge in [0.1, 0.15) is 5.78 Å². The van der Waals surface area contributed by atoms with Crippen LogP contribution in [0, 0.1) is 3.57 Å². The molecule has 86 valence electrons. The highest BCUT2D eigenvalue weighted by Crippen LogP contribution is 2.20. The fourth-order valence-corrected chi connectivity index (χ4v) is 2.02. The third kappa shape index (κ3) is 3.28. The number of ketones is 1. The Labute approximate surface area is 106 Å². The van der Waals surface area contributed by atoms with Crippen LogP contribution >= 0.6 is 22.6 Å². The van der Waals surface area contributed by atoms with Crippen molar-refractivity contribution in [2.45, 2.75) is 19.4 Å². The molecule has 0 spiro atoms. The van der Waals surface area contributed by atoms with Gasteiger partial charge in [-0.05, 0) is 46.7 Å². The number of aliphatic carboxylic acids is 1. The molecule has 1 rings (SSSR count). The Balaban J connectivity index is 2.99. The van der Waals surface area contributed by atoms with Crippen molar-refractivity contribution >= 4 is 34.3 Å². The Bertz CT molecular complexity index is 428. The summed E-state index contributed by atoms with van der Waals surface area (Å²) in [5.41, 5.74) is 1.17. The van der Waals surface area contributed by atoms with E-state index in [1.54, 1.807) is 12.1 Å². The monoisotopic (exact) mass is 334 g/mol. The summed E-state index contributed by atoms with van der Waals surface area (Å²) in [6.07, 6.45) is -1.19. The zero-order valence-electron chi connectivity index (χ0n) is 8.61. The highest BCUT2D eigenvalue weighted by Gasteiger charge is 2.16. The predicted molar refractivity (Wildman–Crippen MR) is 66.1 cm³/mol. The van der Waals surface area contributed by atoms with Crippen LogP contribution in [0.25, 0.3) is 0 Å². The number of carboxylic acid groups (broad SMARTS) is 1. The van der Waals surface area contributed by atoms with Crippen LogP contribution < -0.4 is 0 Å². The van der Waals surface area contributed by atoms with E-state index in [1.165, 1.54) is 13.0 Å². The summed E-state index contributed by atoms with van der Waals surface area (Å²) in [7, 11) is 0. The fraction of sp³-hybridized carbons (Fsp3) is 0.273. The zero-order valence-corrected chi connectivity index (χ0v) is 10.8. The molecule has 0 amide bonds. The van der Waals surface area contributed by atoms with Crippen molar-refractivity contribution < 1.29 is 19.8 Å². The second-order valence-corrected chi connectivity index (χ2v) is 4.63. The number of benzene rings is 1. The van der Waals surface area contributed by atoms with E-state index < -0.39 is 12.1 Å². The Morgan fingerprint density at radius 1 is 1.44 bits per heavy atom. The van der Waals surface area contributed by atoms with Gasteiger partial charge in [-0.2, -0.15) is 0 Å². The number of hydrogen-bond acceptors (Lipinski definition) is 3. The Hall–Kier alpha value is -0.950. The highest BCUT2D eigenvalue weighted by atomic mass is 127. The second kappa shape index (κ2) is 5.40. The maximum atomic E-state index is 10.9. The van der Waals surface area contributed by atoms with Crippen molar-refractivity contribution in [2.75, 3.05) is 0 Å². The minimum absolute atomic E-state index is 0.0458. The van der Waals surface area contributed by atoms with Gasteiger partial charge in [0, 0.05) is 9.99 Å². The lowest BCUT2D eigenvalue weighted by Crippen LogP contribution is -2.11. The van der Waals surface area contributed by atoms with Crippen LogP contribution in [0.15, 0.2) is 18.2 Å². The number of carbonyl (C=O) groups excluding carboxylic acids is 1. The molecule has 0 fully saturated rings. The van der Waals surface area contributed by atoms with E-state index in [2.05, 4.69) is 0 Å². The SMILES string of the molecule is CC(=O)Cc1ccc(C(O)C(=O)O)cc1I. The molecule has 0 bridgehead atoms. The molecular weight excluding hydrogens is 323 g/mol. The van der Waals surface area contributed by atoms with E-state index >= 15 is 0 Å². The van der Waals surface area contributed by atoms with Crippen molar-refractivity contribution in [1.29, 1.82) is 0 Å². The van der Waals surface area contributed by atoms with Crippen molar-refractivity contribution in [3.8, 4) is 0 Å². The number of carboxylic acids is 1. The number of aliphatic hydroxyl groups is 1. The molecule has 1 atom stereocenters. The van der Waals surface area contributed by atoms with Crippen LogP contribution in [-0.2, 0) is 16.0 Å². The minimum Gasteiger partial charge on any atom is -0.479 e. The first kappa shape index (κ1) is 13.1. The first-order chi connectivity index (χ1) is 7.41. The van der Waals surface area contributed by atoms with Gasteiger partial charge < -0.3 is 10.2 Å². The van der Waals surface area contributed by atoms with Crippen LogP contribution in [0.3, 0.4) is 0 Å². The molecule has 4 nitrogen and oxygen atoms in total. The summed E-state index contributed by atoms with van der Waals surface area (Å²) in [5.74, 6) is -1.24. The van der Waals surface area contributed by atoms with E-state index in [4.69, 9.17) is 5.11 Å². The number of Topliss-reactive ketones (excluding diaryl/α,β-unsaturated/α-hetero) is 1. The molecule has 16 heavy (non-hydrogen) atoms. The predicted octanol–water partition coefficient (Wildman–Crippen LogP) is 1.54. The van der Waals surface area contributed by atoms with E-state index in [0.29, 0.717) is 12.0 Å². The first-order valence-electron chi connectivity index (χ1n) is 4.60. The van der Waals surface area contributed by atoms with Crippen molar-refractivity contribution in [3.05, 3.63) is 32.9 Å². The molecule has 0 saturated heterocycles. The number of carbonyl (C=O) groups is 2. The van der Waals surface area contributed by atoms with Gasteiger partial charge in [-0.3, -0.25) is 4.79 Å². The number of rotatable bonds is 4. The maximum Gasteiger partial charge on any atom is 0.337 e. The maximum absolute atomic E-state index is 10.9. The summed E-state index contributed by atoms with van der Waals surface area (Å²) >= 11 is 2.02. The molecule has 0 aromatic heterocycles. The molecule has 0 aliphatic heterocycles. The Kier molecular flexibility index (Phi) is 4.43. The molecular formula is C11H11IO4. The molecule has 0 aliphatic rings. The number of aliphatic hydroxyl groups excluding tert-OH is 1. The molecule has 0 saturated carbocycles. The van der Waals surface area contributed by atoms with Crippen LogP contribution in [0.1, 0.15) is 24.2 Å². The van der Waals surface area contributed by atoms with E-state index in [-0.39, 0.29) is 5.78 Å². The minimum atomic E-state index is -1.51. The normalized spacial score (nSPS) is 12.2. The van der Waals surface area contributed by atoms with Crippen molar-refractivity contribution in [1.82, 2.24) is 0 Å². The summed E-state index contributed by atoms with van der Waals surface area (Å²) in [6, 6.07) is 4.78. The fourth-order valence-electron chi connectivity index (χ4n) is 1.29. The second-order valence-electron chi connectivity index (χ2n) is 3.47. The van der Waals surface area contributed by atoms with Gasteiger partial charge in [-0.15, -0.1) is 0 Å².